The monoisotopic (exact) mass is 334 g/mol. The zero-order valence-corrected chi connectivity index (χ0v) is 12.7. The summed E-state index contributed by atoms with van der Waals surface area (Å²) in [6.07, 6.45) is 2.55. The fourth-order valence-corrected chi connectivity index (χ4v) is 2.59. The van der Waals surface area contributed by atoms with E-state index in [-0.39, 0.29) is 11.8 Å². The molecule has 1 saturated carbocycles. The van der Waals surface area contributed by atoms with Gasteiger partial charge >= 0.3 is 0 Å². The summed E-state index contributed by atoms with van der Waals surface area (Å²) in [6, 6.07) is 8.18. The summed E-state index contributed by atoms with van der Waals surface area (Å²) in [7, 11) is 1.86. The van der Waals surface area contributed by atoms with Crippen LogP contribution in [0.1, 0.15) is 23.7 Å². The molecule has 1 fully saturated rings. The van der Waals surface area contributed by atoms with Gasteiger partial charge in [-0.1, -0.05) is 28.1 Å². The molecule has 1 aromatic heterocycles. The van der Waals surface area contributed by atoms with Crippen LogP contribution in [0.25, 0.3) is 0 Å². The Balaban J connectivity index is 1.55. The first-order chi connectivity index (χ1) is 9.65. The lowest BCUT2D eigenvalue weighted by Crippen LogP contribution is -2.26. The number of hydrogen-bond acceptors (Lipinski definition) is 3. The van der Waals surface area contributed by atoms with Crippen LogP contribution >= 0.6 is 15.9 Å². The molecule has 0 radical (unpaired) electrons. The average molecular weight is 335 g/mol. The molecule has 20 heavy (non-hydrogen) atoms. The molecule has 3 rings (SSSR count). The topological polar surface area (TPSA) is 59.8 Å². The Kier molecular flexibility index (Phi) is 3.56. The lowest BCUT2D eigenvalue weighted by atomic mass is 10.1. The molecule has 1 amide bonds. The maximum Gasteiger partial charge on any atom is 0.224 e. The number of aryl methyl sites for hydroxylation is 1. The summed E-state index contributed by atoms with van der Waals surface area (Å²) >= 11 is 3.42. The van der Waals surface area contributed by atoms with E-state index in [1.54, 1.807) is 10.9 Å². The largest absolute Gasteiger partial charge is 0.349 e. The highest BCUT2D eigenvalue weighted by Gasteiger charge is 2.43. The van der Waals surface area contributed by atoms with Gasteiger partial charge in [-0.25, -0.2) is 0 Å². The van der Waals surface area contributed by atoms with Crippen molar-refractivity contribution in [3.63, 3.8) is 0 Å². The summed E-state index contributed by atoms with van der Waals surface area (Å²) in [6.45, 7) is 0.429. The maximum absolute atomic E-state index is 12.1. The van der Waals surface area contributed by atoms with Gasteiger partial charge in [0, 0.05) is 17.4 Å². The summed E-state index contributed by atoms with van der Waals surface area (Å²) < 4.78 is 2.87. The van der Waals surface area contributed by atoms with E-state index in [1.165, 1.54) is 5.56 Å². The number of amides is 1. The fraction of sp³-hybridized carbons (Fsp3) is 0.357. The number of carbonyl (C=O) groups excluding carboxylic acids is 1. The molecule has 2 unspecified atom stereocenters. The summed E-state index contributed by atoms with van der Waals surface area (Å²) in [5, 5.41) is 10.7. The van der Waals surface area contributed by atoms with Gasteiger partial charge in [-0.3, -0.25) is 4.79 Å². The van der Waals surface area contributed by atoms with E-state index in [0.29, 0.717) is 12.5 Å². The van der Waals surface area contributed by atoms with Crippen LogP contribution in [0.15, 0.2) is 35.1 Å². The molecule has 2 atom stereocenters. The minimum Gasteiger partial charge on any atom is -0.349 e. The van der Waals surface area contributed by atoms with Gasteiger partial charge < -0.3 is 9.88 Å². The first-order valence-corrected chi connectivity index (χ1v) is 7.30. The van der Waals surface area contributed by atoms with Crippen LogP contribution in [0.5, 0.6) is 0 Å². The number of benzene rings is 1. The number of carbonyl (C=O) groups is 1. The van der Waals surface area contributed by atoms with Gasteiger partial charge in [0.15, 0.2) is 5.82 Å². The molecule has 1 aromatic carbocycles. The highest BCUT2D eigenvalue weighted by molar-refractivity contribution is 9.10. The third-order valence-electron chi connectivity index (χ3n) is 3.65. The number of rotatable bonds is 4. The molecule has 2 aromatic rings. The predicted molar refractivity (Wildman–Crippen MR) is 77.8 cm³/mol. The van der Waals surface area contributed by atoms with Crippen molar-refractivity contribution >= 4 is 21.8 Å². The van der Waals surface area contributed by atoms with Crippen LogP contribution < -0.4 is 5.32 Å². The Morgan fingerprint density at radius 3 is 2.85 bits per heavy atom. The van der Waals surface area contributed by atoms with Crippen molar-refractivity contribution in [1.29, 1.82) is 0 Å². The van der Waals surface area contributed by atoms with E-state index >= 15 is 0 Å². The molecule has 1 N–H and O–H groups in total. The molecule has 1 aliphatic rings. The quantitative estimate of drug-likeness (QED) is 0.930. The fourth-order valence-electron chi connectivity index (χ4n) is 2.33. The van der Waals surface area contributed by atoms with Crippen molar-refractivity contribution in [1.82, 2.24) is 20.1 Å². The second kappa shape index (κ2) is 5.36. The molecule has 1 aliphatic carbocycles. The van der Waals surface area contributed by atoms with Crippen molar-refractivity contribution in [2.75, 3.05) is 0 Å². The van der Waals surface area contributed by atoms with Crippen LogP contribution in [-0.2, 0) is 18.4 Å². The molecule has 104 valence electrons. The molecule has 0 spiro atoms. The first-order valence-electron chi connectivity index (χ1n) is 6.51. The number of hydrogen-bond donors (Lipinski definition) is 1. The van der Waals surface area contributed by atoms with Gasteiger partial charge in [-0.2, -0.15) is 0 Å². The third-order valence-corrected chi connectivity index (χ3v) is 4.18. The van der Waals surface area contributed by atoms with Gasteiger partial charge in [0.2, 0.25) is 5.91 Å². The zero-order chi connectivity index (χ0) is 14.1. The number of nitrogens with zero attached hydrogens (tertiary/aromatic N) is 3. The number of aromatic nitrogens is 3. The van der Waals surface area contributed by atoms with Crippen LogP contribution in [0.2, 0.25) is 0 Å². The summed E-state index contributed by atoms with van der Waals surface area (Å²) in [5.41, 5.74) is 1.23. The SMILES string of the molecule is Cn1cnnc1CNC(=O)C1CC1c1ccc(Br)cc1. The molecular weight excluding hydrogens is 320 g/mol. The van der Waals surface area contributed by atoms with Crippen molar-refractivity contribution in [2.24, 2.45) is 13.0 Å². The Labute approximate surface area is 125 Å². The highest BCUT2D eigenvalue weighted by Crippen LogP contribution is 2.47. The zero-order valence-electron chi connectivity index (χ0n) is 11.1. The van der Waals surface area contributed by atoms with Crippen LogP contribution in [-0.4, -0.2) is 20.7 Å². The van der Waals surface area contributed by atoms with E-state index in [9.17, 15) is 4.79 Å². The maximum atomic E-state index is 12.1. The van der Waals surface area contributed by atoms with Gasteiger partial charge in [-0.05, 0) is 30.0 Å². The second-order valence-corrected chi connectivity index (χ2v) is 5.99. The lowest BCUT2D eigenvalue weighted by molar-refractivity contribution is -0.122. The molecule has 0 saturated heterocycles. The Bertz CT molecular complexity index is 622. The molecule has 0 bridgehead atoms. The van der Waals surface area contributed by atoms with Crippen molar-refractivity contribution in [3.05, 3.63) is 46.5 Å². The molecular formula is C14H15BrN4O. The normalized spacial score (nSPS) is 20.7. The lowest BCUT2D eigenvalue weighted by Gasteiger charge is -2.04. The van der Waals surface area contributed by atoms with E-state index in [4.69, 9.17) is 0 Å². The van der Waals surface area contributed by atoms with Crippen molar-refractivity contribution < 1.29 is 4.79 Å². The summed E-state index contributed by atoms with van der Waals surface area (Å²) in [4.78, 5) is 12.1. The highest BCUT2D eigenvalue weighted by atomic mass is 79.9. The first kappa shape index (κ1) is 13.3. The van der Waals surface area contributed by atoms with Crippen LogP contribution in [0.4, 0.5) is 0 Å². The van der Waals surface area contributed by atoms with E-state index in [1.807, 2.05) is 19.2 Å². The minimum atomic E-state index is 0.0874. The molecule has 0 aliphatic heterocycles. The minimum absolute atomic E-state index is 0.0874. The summed E-state index contributed by atoms with van der Waals surface area (Å²) in [5.74, 6) is 1.30. The van der Waals surface area contributed by atoms with Crippen molar-refractivity contribution in [2.45, 2.75) is 18.9 Å². The second-order valence-electron chi connectivity index (χ2n) is 5.08. The van der Waals surface area contributed by atoms with E-state index < -0.39 is 0 Å². The van der Waals surface area contributed by atoms with Crippen molar-refractivity contribution in [3.8, 4) is 0 Å². The van der Waals surface area contributed by atoms with E-state index in [2.05, 4.69) is 43.6 Å². The predicted octanol–water partition coefficient (Wildman–Crippen LogP) is 2.00. The Morgan fingerprint density at radius 2 is 2.20 bits per heavy atom. The van der Waals surface area contributed by atoms with Crippen LogP contribution in [0, 0.1) is 5.92 Å². The molecule has 1 heterocycles. The van der Waals surface area contributed by atoms with Crippen LogP contribution in [0.3, 0.4) is 0 Å². The van der Waals surface area contributed by atoms with Gasteiger partial charge in [0.1, 0.15) is 6.33 Å². The molecule has 5 nitrogen and oxygen atoms in total. The Morgan fingerprint density at radius 1 is 1.45 bits per heavy atom. The number of nitrogens with one attached hydrogen (secondary N) is 1. The smallest absolute Gasteiger partial charge is 0.224 e. The van der Waals surface area contributed by atoms with Gasteiger partial charge in [0.25, 0.3) is 0 Å². The number of halogens is 1. The van der Waals surface area contributed by atoms with Gasteiger partial charge in [0.05, 0.1) is 6.54 Å². The van der Waals surface area contributed by atoms with E-state index in [0.717, 1.165) is 16.7 Å². The average Bonchev–Trinajstić information content (AvgIpc) is 3.14. The third kappa shape index (κ3) is 2.75. The molecule has 6 heteroatoms. The Hall–Kier alpha value is -1.69. The standard InChI is InChI=1S/C14H15BrN4O/c1-19-8-17-18-13(19)7-16-14(20)12-6-11(12)9-2-4-10(15)5-3-9/h2-5,8,11-12H,6-7H2,1H3,(H,16,20). The van der Waals surface area contributed by atoms with Gasteiger partial charge in [-0.15, -0.1) is 10.2 Å².